The molecule has 0 N–H and O–H groups in total. The maximum Gasteiger partial charge on any atom is 0.346 e. The monoisotopic (exact) mass is 320 g/mol. The zero-order valence-corrected chi connectivity index (χ0v) is 11.1. The molecule has 0 saturated carbocycles. The molecule has 2 nitrogen and oxygen atoms in total. The lowest BCUT2D eigenvalue weighted by atomic mass is 10.2. The highest BCUT2D eigenvalue weighted by molar-refractivity contribution is 6.34. The molecule has 2 aromatic rings. The predicted octanol–water partition coefficient (Wildman–Crippen LogP) is 4.63. The molecule has 20 heavy (non-hydrogen) atoms. The van der Waals surface area contributed by atoms with Crippen molar-refractivity contribution in [3.05, 3.63) is 63.4 Å². The lowest BCUT2D eigenvalue weighted by Gasteiger charge is -2.07. The van der Waals surface area contributed by atoms with Crippen LogP contribution in [0, 0.1) is 17.5 Å². The highest BCUT2D eigenvalue weighted by Crippen LogP contribution is 2.28. The maximum atomic E-state index is 13.4. The van der Waals surface area contributed by atoms with Gasteiger partial charge in [-0.3, -0.25) is 0 Å². The highest BCUT2D eigenvalue weighted by Gasteiger charge is 2.21. The Morgan fingerprint density at radius 1 is 1.00 bits per heavy atom. The van der Waals surface area contributed by atoms with Gasteiger partial charge in [0.15, 0.2) is 23.2 Å². The third-order valence-corrected chi connectivity index (χ3v) is 2.90. The number of ether oxygens (including phenoxy) is 1. The largest absolute Gasteiger partial charge is 0.421 e. The van der Waals surface area contributed by atoms with Crippen LogP contribution in [0.5, 0.6) is 5.75 Å². The molecule has 104 valence electrons. The number of hydrogen-bond acceptors (Lipinski definition) is 2. The van der Waals surface area contributed by atoms with Crippen molar-refractivity contribution in [2.24, 2.45) is 0 Å². The molecular weight excluding hydrogens is 316 g/mol. The van der Waals surface area contributed by atoms with E-state index in [1.54, 1.807) is 0 Å². The summed E-state index contributed by atoms with van der Waals surface area (Å²) in [5.74, 6) is -6.12. The number of esters is 1. The Morgan fingerprint density at radius 2 is 1.70 bits per heavy atom. The normalized spacial score (nSPS) is 10.4. The number of halogens is 5. The predicted molar refractivity (Wildman–Crippen MR) is 67.7 cm³/mol. The first kappa shape index (κ1) is 14.7. The highest BCUT2D eigenvalue weighted by atomic mass is 35.5. The van der Waals surface area contributed by atoms with Crippen molar-refractivity contribution in [2.75, 3.05) is 0 Å². The zero-order chi connectivity index (χ0) is 14.9. The smallest absolute Gasteiger partial charge is 0.346 e. The van der Waals surface area contributed by atoms with Crippen molar-refractivity contribution in [3.8, 4) is 5.75 Å². The number of carbonyl (C=O) groups excluding carboxylic acids is 1. The van der Waals surface area contributed by atoms with E-state index in [1.165, 1.54) is 18.2 Å². The molecule has 0 aliphatic rings. The number of benzene rings is 2. The summed E-state index contributed by atoms with van der Waals surface area (Å²) < 4.78 is 44.0. The van der Waals surface area contributed by atoms with E-state index < -0.39 is 29.0 Å². The van der Waals surface area contributed by atoms with Crippen LogP contribution in [0.25, 0.3) is 0 Å². The minimum atomic E-state index is -1.75. The van der Waals surface area contributed by atoms with Crippen LogP contribution in [0.2, 0.25) is 10.0 Å². The van der Waals surface area contributed by atoms with Crippen molar-refractivity contribution < 1.29 is 22.7 Å². The minimum absolute atomic E-state index is 0.0609. The summed E-state index contributed by atoms with van der Waals surface area (Å²) >= 11 is 11.5. The summed E-state index contributed by atoms with van der Waals surface area (Å²) in [7, 11) is 0. The number of rotatable bonds is 2. The molecule has 0 spiro atoms. The Labute approximate surface area is 121 Å². The van der Waals surface area contributed by atoms with Gasteiger partial charge >= 0.3 is 5.97 Å². The van der Waals surface area contributed by atoms with Gasteiger partial charge in [0.1, 0.15) is 0 Å². The first-order valence-corrected chi connectivity index (χ1v) is 5.96. The van der Waals surface area contributed by atoms with Gasteiger partial charge in [-0.05, 0) is 24.3 Å². The molecular formula is C13H5Cl2F3O2. The van der Waals surface area contributed by atoms with E-state index in [0.717, 1.165) is 6.07 Å². The second-order valence-electron chi connectivity index (χ2n) is 3.69. The quantitative estimate of drug-likeness (QED) is 0.458. The van der Waals surface area contributed by atoms with E-state index in [2.05, 4.69) is 0 Å². The number of carbonyl (C=O) groups is 1. The Hall–Kier alpha value is -1.72. The van der Waals surface area contributed by atoms with Gasteiger partial charge < -0.3 is 4.74 Å². The van der Waals surface area contributed by atoms with Crippen molar-refractivity contribution in [1.82, 2.24) is 0 Å². The van der Waals surface area contributed by atoms with Gasteiger partial charge in [0, 0.05) is 11.1 Å². The van der Waals surface area contributed by atoms with Crippen LogP contribution in [0.4, 0.5) is 13.2 Å². The third kappa shape index (κ3) is 2.89. The molecule has 0 aromatic heterocycles. The Bertz CT molecular complexity index is 690. The van der Waals surface area contributed by atoms with E-state index in [4.69, 9.17) is 27.9 Å². The summed E-state index contributed by atoms with van der Waals surface area (Å²) in [6.45, 7) is 0. The van der Waals surface area contributed by atoms with Gasteiger partial charge in [-0.25, -0.2) is 18.0 Å². The average Bonchev–Trinajstić information content (AvgIpc) is 2.40. The average molecular weight is 321 g/mol. The van der Waals surface area contributed by atoms with Gasteiger partial charge in [0.25, 0.3) is 0 Å². The summed E-state index contributed by atoms with van der Waals surface area (Å²) in [6.07, 6.45) is 0. The molecule has 0 aliphatic heterocycles. The fourth-order valence-electron chi connectivity index (χ4n) is 1.39. The van der Waals surface area contributed by atoms with Crippen molar-refractivity contribution >= 4 is 29.2 Å². The first-order chi connectivity index (χ1) is 9.40. The molecule has 0 unspecified atom stereocenters. The summed E-state index contributed by atoms with van der Waals surface area (Å²) in [5.41, 5.74) is -0.750. The lowest BCUT2D eigenvalue weighted by Crippen LogP contribution is -2.12. The molecule has 0 aliphatic carbocycles. The molecule has 0 fully saturated rings. The Kier molecular flexibility index (Phi) is 4.20. The van der Waals surface area contributed by atoms with E-state index in [9.17, 15) is 18.0 Å². The second-order valence-corrected chi connectivity index (χ2v) is 4.53. The molecule has 0 saturated heterocycles. The molecule has 2 aromatic carbocycles. The molecule has 0 atom stereocenters. The van der Waals surface area contributed by atoms with Crippen LogP contribution in [0.1, 0.15) is 10.4 Å². The third-order valence-electron chi connectivity index (χ3n) is 2.35. The van der Waals surface area contributed by atoms with E-state index >= 15 is 0 Å². The van der Waals surface area contributed by atoms with Crippen LogP contribution >= 0.6 is 23.2 Å². The van der Waals surface area contributed by atoms with Crippen molar-refractivity contribution in [3.63, 3.8) is 0 Å². The van der Waals surface area contributed by atoms with Gasteiger partial charge in [-0.2, -0.15) is 0 Å². The summed E-state index contributed by atoms with van der Waals surface area (Å²) in [4.78, 5) is 11.7. The standard InChI is InChI=1S/C13H5Cl2F3O2/c14-6-1-3-8(15)10(5-6)20-13(19)7-2-4-9(16)12(18)11(7)17/h1-5H. The van der Waals surface area contributed by atoms with Gasteiger partial charge in [-0.1, -0.05) is 23.2 Å². The summed E-state index contributed by atoms with van der Waals surface area (Å²) in [6, 6.07) is 5.45. The van der Waals surface area contributed by atoms with Crippen LogP contribution in [0.3, 0.4) is 0 Å². The van der Waals surface area contributed by atoms with Crippen LogP contribution in [0.15, 0.2) is 30.3 Å². The Morgan fingerprint density at radius 3 is 2.40 bits per heavy atom. The van der Waals surface area contributed by atoms with E-state index in [1.807, 2.05) is 0 Å². The molecule has 0 heterocycles. The molecule has 0 bridgehead atoms. The molecule has 2 rings (SSSR count). The van der Waals surface area contributed by atoms with Crippen molar-refractivity contribution in [1.29, 1.82) is 0 Å². The summed E-state index contributed by atoms with van der Waals surface area (Å²) in [5, 5.41) is 0.300. The van der Waals surface area contributed by atoms with Gasteiger partial charge in [0.2, 0.25) is 0 Å². The lowest BCUT2D eigenvalue weighted by molar-refractivity contribution is 0.0728. The fraction of sp³-hybridized carbons (Fsp3) is 0. The second kappa shape index (κ2) is 5.73. The SMILES string of the molecule is O=C(Oc1cc(Cl)ccc1Cl)c1ccc(F)c(F)c1F. The molecule has 0 radical (unpaired) electrons. The maximum absolute atomic E-state index is 13.4. The van der Waals surface area contributed by atoms with Crippen LogP contribution in [-0.4, -0.2) is 5.97 Å². The van der Waals surface area contributed by atoms with Crippen molar-refractivity contribution in [2.45, 2.75) is 0 Å². The van der Waals surface area contributed by atoms with Gasteiger partial charge in [-0.15, -0.1) is 0 Å². The van der Waals surface area contributed by atoms with Gasteiger partial charge in [0.05, 0.1) is 10.6 Å². The molecule has 7 heteroatoms. The fourth-order valence-corrected chi connectivity index (χ4v) is 1.71. The Balaban J connectivity index is 2.33. The minimum Gasteiger partial charge on any atom is -0.421 e. The first-order valence-electron chi connectivity index (χ1n) is 5.21. The topological polar surface area (TPSA) is 26.3 Å². The van der Waals surface area contributed by atoms with E-state index in [0.29, 0.717) is 6.07 Å². The zero-order valence-electron chi connectivity index (χ0n) is 9.59. The van der Waals surface area contributed by atoms with Crippen LogP contribution < -0.4 is 4.74 Å². The van der Waals surface area contributed by atoms with E-state index in [-0.39, 0.29) is 15.8 Å². The number of hydrogen-bond donors (Lipinski definition) is 0. The van der Waals surface area contributed by atoms with Crippen LogP contribution in [-0.2, 0) is 0 Å². The molecule has 0 amide bonds.